The Labute approximate surface area is 135 Å². The third kappa shape index (κ3) is 5.77. The number of amides is 2. The molecule has 0 spiro atoms. The molecule has 0 aliphatic heterocycles. The number of aliphatic carboxylic acids is 1. The molecular weight excluding hydrogens is 298 g/mol. The smallest absolute Gasteiger partial charge is 0.317 e. The van der Waals surface area contributed by atoms with Gasteiger partial charge < -0.3 is 20.1 Å². The number of carboxylic acid groups (broad SMARTS) is 1. The van der Waals surface area contributed by atoms with Crippen LogP contribution in [0.1, 0.15) is 37.7 Å². The van der Waals surface area contributed by atoms with Crippen LogP contribution in [0.25, 0.3) is 0 Å². The summed E-state index contributed by atoms with van der Waals surface area (Å²) in [5, 5.41) is 11.4. The molecule has 0 bridgehead atoms. The van der Waals surface area contributed by atoms with E-state index in [2.05, 4.69) is 10.3 Å². The van der Waals surface area contributed by atoms with Crippen LogP contribution in [0.5, 0.6) is 5.88 Å². The summed E-state index contributed by atoms with van der Waals surface area (Å²) in [6, 6.07) is 3.34. The van der Waals surface area contributed by atoms with E-state index in [-0.39, 0.29) is 25.1 Å². The highest BCUT2D eigenvalue weighted by molar-refractivity contribution is 5.75. The second kappa shape index (κ2) is 8.36. The van der Waals surface area contributed by atoms with E-state index < -0.39 is 5.97 Å². The van der Waals surface area contributed by atoms with Crippen molar-refractivity contribution in [1.29, 1.82) is 0 Å². The fourth-order valence-corrected chi connectivity index (χ4v) is 2.48. The molecule has 2 N–H and O–H groups in total. The van der Waals surface area contributed by atoms with Crippen LogP contribution in [-0.4, -0.2) is 46.7 Å². The highest BCUT2D eigenvalue weighted by Crippen LogP contribution is 2.23. The molecule has 1 aliphatic carbocycles. The van der Waals surface area contributed by atoms with Crippen molar-refractivity contribution in [3.63, 3.8) is 0 Å². The minimum absolute atomic E-state index is 0.0709. The van der Waals surface area contributed by atoms with Gasteiger partial charge in [0.25, 0.3) is 0 Å². The van der Waals surface area contributed by atoms with Gasteiger partial charge in [0, 0.05) is 32.4 Å². The molecule has 126 valence electrons. The van der Waals surface area contributed by atoms with Crippen molar-refractivity contribution >= 4 is 12.0 Å². The van der Waals surface area contributed by atoms with Gasteiger partial charge in [-0.3, -0.25) is 4.79 Å². The number of nitrogens with one attached hydrogen (secondary N) is 1. The van der Waals surface area contributed by atoms with Crippen molar-refractivity contribution in [2.24, 2.45) is 0 Å². The zero-order valence-electron chi connectivity index (χ0n) is 13.3. The second-order valence-electron chi connectivity index (χ2n) is 5.75. The standard InChI is InChI=1S/C16H23N3O4/c1-19(9-7-15(20)21)16(22)18-11-12-6-8-17-14(10-12)23-13-4-2-3-5-13/h6,8,10,13H,2-5,7,9,11H2,1H3,(H,18,22)(H,20,21). The molecule has 7 nitrogen and oxygen atoms in total. The van der Waals surface area contributed by atoms with E-state index in [0.717, 1.165) is 18.4 Å². The molecule has 2 amide bonds. The Kier molecular flexibility index (Phi) is 6.19. The van der Waals surface area contributed by atoms with E-state index in [4.69, 9.17) is 9.84 Å². The first-order valence-electron chi connectivity index (χ1n) is 7.87. The number of carbonyl (C=O) groups is 2. The van der Waals surface area contributed by atoms with Crippen LogP contribution in [0.15, 0.2) is 18.3 Å². The minimum Gasteiger partial charge on any atom is -0.481 e. The normalized spacial score (nSPS) is 14.5. The van der Waals surface area contributed by atoms with E-state index in [1.165, 1.54) is 17.7 Å². The van der Waals surface area contributed by atoms with Gasteiger partial charge in [0.2, 0.25) is 5.88 Å². The van der Waals surface area contributed by atoms with Crippen LogP contribution in [0, 0.1) is 0 Å². The lowest BCUT2D eigenvalue weighted by atomic mass is 10.2. The van der Waals surface area contributed by atoms with Crippen molar-refractivity contribution in [2.45, 2.75) is 44.8 Å². The summed E-state index contributed by atoms with van der Waals surface area (Å²) < 4.78 is 5.84. The zero-order chi connectivity index (χ0) is 16.7. The molecule has 1 aromatic heterocycles. The number of hydrogen-bond acceptors (Lipinski definition) is 4. The van der Waals surface area contributed by atoms with E-state index in [9.17, 15) is 9.59 Å². The number of hydrogen-bond donors (Lipinski definition) is 2. The van der Waals surface area contributed by atoms with Gasteiger partial charge in [0.15, 0.2) is 0 Å². The molecule has 0 atom stereocenters. The number of nitrogens with zero attached hydrogens (tertiary/aromatic N) is 2. The summed E-state index contributed by atoms with van der Waals surface area (Å²) in [4.78, 5) is 27.9. The molecule has 1 saturated carbocycles. The first kappa shape index (κ1) is 17.1. The summed E-state index contributed by atoms with van der Waals surface area (Å²) in [5.74, 6) is -0.338. The van der Waals surface area contributed by atoms with Crippen molar-refractivity contribution in [3.8, 4) is 5.88 Å². The Morgan fingerprint density at radius 3 is 2.87 bits per heavy atom. The molecule has 1 fully saturated rings. The molecular formula is C16H23N3O4. The average Bonchev–Trinajstić information content (AvgIpc) is 3.03. The number of urea groups is 1. The highest BCUT2D eigenvalue weighted by atomic mass is 16.5. The Bertz CT molecular complexity index is 544. The molecule has 1 aliphatic rings. The van der Waals surface area contributed by atoms with Crippen molar-refractivity contribution in [3.05, 3.63) is 23.9 Å². The SMILES string of the molecule is CN(CCC(=O)O)C(=O)NCc1ccnc(OC2CCCC2)c1. The van der Waals surface area contributed by atoms with Gasteiger partial charge in [-0.2, -0.15) is 0 Å². The van der Waals surface area contributed by atoms with E-state index in [1.807, 2.05) is 12.1 Å². The van der Waals surface area contributed by atoms with E-state index in [0.29, 0.717) is 12.4 Å². The maximum absolute atomic E-state index is 11.9. The number of carbonyl (C=O) groups excluding carboxylic acids is 1. The average molecular weight is 321 g/mol. The van der Waals surface area contributed by atoms with E-state index in [1.54, 1.807) is 13.2 Å². The third-order valence-electron chi connectivity index (χ3n) is 3.84. The molecule has 0 aromatic carbocycles. The molecule has 0 radical (unpaired) electrons. The Morgan fingerprint density at radius 1 is 1.43 bits per heavy atom. The quantitative estimate of drug-likeness (QED) is 0.801. The maximum atomic E-state index is 11.9. The molecule has 1 aromatic rings. The fraction of sp³-hybridized carbons (Fsp3) is 0.562. The lowest BCUT2D eigenvalue weighted by Crippen LogP contribution is -2.38. The van der Waals surface area contributed by atoms with Crippen molar-refractivity contribution in [2.75, 3.05) is 13.6 Å². The van der Waals surface area contributed by atoms with Crippen molar-refractivity contribution in [1.82, 2.24) is 15.2 Å². The third-order valence-corrected chi connectivity index (χ3v) is 3.84. The Hall–Kier alpha value is -2.31. The molecule has 1 heterocycles. The summed E-state index contributed by atoms with van der Waals surface area (Å²) >= 11 is 0. The molecule has 2 rings (SSSR count). The first-order chi connectivity index (χ1) is 11.0. The first-order valence-corrected chi connectivity index (χ1v) is 7.87. The van der Waals surface area contributed by atoms with E-state index >= 15 is 0 Å². The second-order valence-corrected chi connectivity index (χ2v) is 5.75. The highest BCUT2D eigenvalue weighted by Gasteiger charge is 2.17. The number of ether oxygens (including phenoxy) is 1. The van der Waals surface area contributed by atoms with Gasteiger partial charge in [0.1, 0.15) is 6.10 Å². The fourth-order valence-electron chi connectivity index (χ4n) is 2.48. The number of pyridine rings is 1. The zero-order valence-corrected chi connectivity index (χ0v) is 13.3. The predicted molar refractivity (Wildman–Crippen MR) is 84.2 cm³/mol. The molecule has 0 unspecified atom stereocenters. The van der Waals surface area contributed by atoms with Crippen LogP contribution in [0.2, 0.25) is 0 Å². The largest absolute Gasteiger partial charge is 0.481 e. The van der Waals surface area contributed by atoms with Crippen molar-refractivity contribution < 1.29 is 19.4 Å². The van der Waals surface area contributed by atoms with Crippen LogP contribution in [-0.2, 0) is 11.3 Å². The predicted octanol–water partition coefficient (Wildman–Crippen LogP) is 2.02. The summed E-state index contributed by atoms with van der Waals surface area (Å²) in [5.41, 5.74) is 0.896. The number of rotatable bonds is 7. The molecule has 7 heteroatoms. The van der Waals surface area contributed by atoms with Gasteiger partial charge in [-0.05, 0) is 37.3 Å². The topological polar surface area (TPSA) is 91.8 Å². The van der Waals surface area contributed by atoms with Gasteiger partial charge >= 0.3 is 12.0 Å². The van der Waals surface area contributed by atoms with Crippen LogP contribution in [0.4, 0.5) is 4.79 Å². The van der Waals surface area contributed by atoms with Crippen LogP contribution in [0.3, 0.4) is 0 Å². The van der Waals surface area contributed by atoms with Gasteiger partial charge in [-0.25, -0.2) is 9.78 Å². The molecule has 23 heavy (non-hydrogen) atoms. The maximum Gasteiger partial charge on any atom is 0.317 e. The number of carboxylic acids is 1. The minimum atomic E-state index is -0.924. The lowest BCUT2D eigenvalue weighted by molar-refractivity contribution is -0.137. The molecule has 0 saturated heterocycles. The number of aromatic nitrogens is 1. The van der Waals surface area contributed by atoms with Gasteiger partial charge in [-0.15, -0.1) is 0 Å². The van der Waals surface area contributed by atoms with Gasteiger partial charge in [-0.1, -0.05) is 0 Å². The lowest BCUT2D eigenvalue weighted by Gasteiger charge is -2.17. The summed E-state index contributed by atoms with van der Waals surface area (Å²) in [7, 11) is 1.57. The summed E-state index contributed by atoms with van der Waals surface area (Å²) in [6.07, 6.45) is 6.37. The Morgan fingerprint density at radius 2 is 2.17 bits per heavy atom. The van der Waals surface area contributed by atoms with Gasteiger partial charge in [0.05, 0.1) is 6.42 Å². The monoisotopic (exact) mass is 321 g/mol. The van der Waals surface area contributed by atoms with Crippen LogP contribution < -0.4 is 10.1 Å². The Balaban J connectivity index is 1.80. The summed E-state index contributed by atoms with van der Waals surface area (Å²) in [6.45, 7) is 0.521. The van der Waals surface area contributed by atoms with Crippen LogP contribution >= 0.6 is 0 Å².